The Labute approximate surface area is 157 Å². The summed E-state index contributed by atoms with van der Waals surface area (Å²) >= 11 is 0. The van der Waals surface area contributed by atoms with Crippen LogP contribution in [0.15, 0.2) is 42.5 Å². The second-order valence-electron chi connectivity index (χ2n) is 5.36. The van der Waals surface area contributed by atoms with Crippen LogP contribution >= 0.6 is 0 Å². The first-order valence-electron chi connectivity index (χ1n) is 8.11. The molecule has 0 aromatic heterocycles. The number of amides is 2. The molecule has 8 heteroatoms. The molecule has 8 nitrogen and oxygen atoms in total. The van der Waals surface area contributed by atoms with Crippen molar-refractivity contribution < 1.29 is 28.5 Å². The molecule has 144 valence electrons. The molecule has 0 spiro atoms. The average Bonchev–Trinajstić information content (AvgIpc) is 2.70. The van der Waals surface area contributed by atoms with Gasteiger partial charge in [0.15, 0.2) is 18.1 Å². The monoisotopic (exact) mass is 374 g/mol. The van der Waals surface area contributed by atoms with Gasteiger partial charge in [0.1, 0.15) is 11.5 Å². The SMILES string of the molecule is COc1ccc(OCC(=O)NCC(=O)Nc2ccc(OC)c(OC)c2)cc1. The molecule has 2 amide bonds. The van der Waals surface area contributed by atoms with E-state index < -0.39 is 5.91 Å². The van der Waals surface area contributed by atoms with Crippen molar-refractivity contribution in [1.29, 1.82) is 0 Å². The molecule has 0 saturated heterocycles. The van der Waals surface area contributed by atoms with Gasteiger partial charge in [-0.25, -0.2) is 0 Å². The molecular weight excluding hydrogens is 352 g/mol. The van der Waals surface area contributed by atoms with Gasteiger partial charge in [-0.3, -0.25) is 9.59 Å². The van der Waals surface area contributed by atoms with Gasteiger partial charge in [0, 0.05) is 11.8 Å². The van der Waals surface area contributed by atoms with Crippen molar-refractivity contribution in [3.05, 3.63) is 42.5 Å². The van der Waals surface area contributed by atoms with E-state index in [1.807, 2.05) is 0 Å². The quantitative estimate of drug-likeness (QED) is 0.696. The minimum Gasteiger partial charge on any atom is -0.497 e. The van der Waals surface area contributed by atoms with Gasteiger partial charge in [0.25, 0.3) is 5.91 Å². The Morgan fingerprint density at radius 1 is 0.815 bits per heavy atom. The van der Waals surface area contributed by atoms with Gasteiger partial charge in [-0.15, -0.1) is 0 Å². The first-order valence-corrected chi connectivity index (χ1v) is 8.11. The van der Waals surface area contributed by atoms with Crippen molar-refractivity contribution in [1.82, 2.24) is 5.32 Å². The van der Waals surface area contributed by atoms with Gasteiger partial charge < -0.3 is 29.6 Å². The molecule has 0 saturated carbocycles. The summed E-state index contributed by atoms with van der Waals surface area (Å²) in [7, 11) is 4.60. The van der Waals surface area contributed by atoms with Gasteiger partial charge in [-0.05, 0) is 36.4 Å². The van der Waals surface area contributed by atoms with Crippen LogP contribution < -0.4 is 29.6 Å². The molecule has 27 heavy (non-hydrogen) atoms. The fourth-order valence-electron chi connectivity index (χ4n) is 2.17. The third-order valence-corrected chi connectivity index (χ3v) is 3.54. The van der Waals surface area contributed by atoms with Crippen LogP contribution in [0.4, 0.5) is 5.69 Å². The highest BCUT2D eigenvalue weighted by molar-refractivity contribution is 5.94. The molecular formula is C19H22N2O6. The van der Waals surface area contributed by atoms with Crippen LogP contribution in [-0.4, -0.2) is 46.3 Å². The minimum atomic E-state index is -0.409. The third kappa shape index (κ3) is 6.10. The second kappa shape index (κ2) is 9.91. The van der Waals surface area contributed by atoms with E-state index in [0.29, 0.717) is 28.7 Å². The van der Waals surface area contributed by atoms with Gasteiger partial charge in [0.05, 0.1) is 27.9 Å². The Morgan fingerprint density at radius 3 is 2.11 bits per heavy atom. The fraction of sp³-hybridized carbons (Fsp3) is 0.263. The Bertz CT molecular complexity index is 776. The molecule has 2 aromatic rings. The van der Waals surface area contributed by atoms with Crippen molar-refractivity contribution in [2.75, 3.05) is 39.8 Å². The maximum atomic E-state index is 12.0. The molecule has 0 fully saturated rings. The summed E-state index contributed by atoms with van der Waals surface area (Å²) in [6.07, 6.45) is 0. The number of nitrogens with one attached hydrogen (secondary N) is 2. The van der Waals surface area contributed by atoms with Gasteiger partial charge in [-0.1, -0.05) is 0 Å². The van der Waals surface area contributed by atoms with E-state index in [4.69, 9.17) is 18.9 Å². The van der Waals surface area contributed by atoms with Crippen molar-refractivity contribution in [2.45, 2.75) is 0 Å². The second-order valence-corrected chi connectivity index (χ2v) is 5.36. The molecule has 0 unspecified atom stereocenters. The number of ether oxygens (including phenoxy) is 4. The summed E-state index contributed by atoms with van der Waals surface area (Å²) in [6, 6.07) is 11.8. The fourth-order valence-corrected chi connectivity index (χ4v) is 2.17. The highest BCUT2D eigenvalue weighted by atomic mass is 16.5. The minimum absolute atomic E-state index is 0.181. The number of hydrogen-bond donors (Lipinski definition) is 2. The van der Waals surface area contributed by atoms with Crippen molar-refractivity contribution in [3.63, 3.8) is 0 Å². The maximum Gasteiger partial charge on any atom is 0.258 e. The van der Waals surface area contributed by atoms with Crippen LogP contribution in [-0.2, 0) is 9.59 Å². The number of anilines is 1. The number of methoxy groups -OCH3 is 3. The van der Waals surface area contributed by atoms with Crippen LogP contribution in [0.2, 0.25) is 0 Å². The molecule has 2 N–H and O–H groups in total. The topological polar surface area (TPSA) is 95.1 Å². The molecule has 2 aromatic carbocycles. The summed E-state index contributed by atoms with van der Waals surface area (Å²) in [6.45, 7) is -0.380. The lowest BCUT2D eigenvalue weighted by Gasteiger charge is -2.11. The molecule has 0 bridgehead atoms. The summed E-state index contributed by atoms with van der Waals surface area (Å²) < 4.78 is 20.7. The summed E-state index contributed by atoms with van der Waals surface area (Å²) in [4.78, 5) is 23.8. The lowest BCUT2D eigenvalue weighted by Crippen LogP contribution is -2.35. The number of benzene rings is 2. The maximum absolute atomic E-state index is 12.0. The van der Waals surface area contributed by atoms with Crippen molar-refractivity contribution in [3.8, 4) is 23.0 Å². The number of hydrogen-bond acceptors (Lipinski definition) is 6. The molecule has 0 aliphatic heterocycles. The van der Waals surface area contributed by atoms with E-state index in [0.717, 1.165) is 0 Å². The van der Waals surface area contributed by atoms with Crippen LogP contribution in [0.1, 0.15) is 0 Å². The normalized spacial score (nSPS) is 9.89. The predicted molar refractivity (Wildman–Crippen MR) is 99.7 cm³/mol. The average molecular weight is 374 g/mol. The zero-order valence-electron chi connectivity index (χ0n) is 15.4. The number of carbonyl (C=O) groups is 2. The van der Waals surface area contributed by atoms with Crippen LogP contribution in [0.25, 0.3) is 0 Å². The van der Waals surface area contributed by atoms with Gasteiger partial charge >= 0.3 is 0 Å². The Kier molecular flexibility index (Phi) is 7.30. The van der Waals surface area contributed by atoms with E-state index in [-0.39, 0.29) is 19.1 Å². The van der Waals surface area contributed by atoms with E-state index in [1.54, 1.807) is 49.6 Å². The lowest BCUT2D eigenvalue weighted by molar-refractivity contribution is -0.125. The van der Waals surface area contributed by atoms with Gasteiger partial charge in [0.2, 0.25) is 5.91 Å². The van der Waals surface area contributed by atoms with Crippen molar-refractivity contribution in [2.24, 2.45) is 0 Å². The summed E-state index contributed by atoms with van der Waals surface area (Å²) in [5.41, 5.74) is 0.529. The van der Waals surface area contributed by atoms with Crippen LogP contribution in [0.3, 0.4) is 0 Å². The Morgan fingerprint density at radius 2 is 1.48 bits per heavy atom. The number of rotatable bonds is 9. The highest BCUT2D eigenvalue weighted by Crippen LogP contribution is 2.29. The zero-order valence-corrected chi connectivity index (χ0v) is 15.4. The Hall–Kier alpha value is -3.42. The van der Waals surface area contributed by atoms with E-state index in [1.165, 1.54) is 14.2 Å². The van der Waals surface area contributed by atoms with E-state index in [2.05, 4.69) is 10.6 Å². The van der Waals surface area contributed by atoms with Crippen LogP contribution in [0, 0.1) is 0 Å². The molecule has 2 rings (SSSR count). The molecule has 0 heterocycles. The first-order chi connectivity index (χ1) is 13.0. The zero-order chi connectivity index (χ0) is 19.6. The molecule has 0 aliphatic carbocycles. The predicted octanol–water partition coefficient (Wildman–Crippen LogP) is 1.85. The molecule has 0 aliphatic rings. The molecule has 0 atom stereocenters. The van der Waals surface area contributed by atoms with E-state index >= 15 is 0 Å². The van der Waals surface area contributed by atoms with Gasteiger partial charge in [-0.2, -0.15) is 0 Å². The Balaban J connectivity index is 1.76. The summed E-state index contributed by atoms with van der Waals surface area (Å²) in [5, 5.41) is 5.16. The largest absolute Gasteiger partial charge is 0.497 e. The summed E-state index contributed by atoms with van der Waals surface area (Å²) in [5.74, 6) is 1.49. The van der Waals surface area contributed by atoms with E-state index in [9.17, 15) is 9.59 Å². The first kappa shape index (κ1) is 19.9. The highest BCUT2D eigenvalue weighted by Gasteiger charge is 2.09. The van der Waals surface area contributed by atoms with Crippen molar-refractivity contribution >= 4 is 17.5 Å². The third-order valence-electron chi connectivity index (χ3n) is 3.54. The number of carbonyl (C=O) groups excluding carboxylic acids is 2. The standard InChI is InChI=1S/C19H22N2O6/c1-24-14-5-7-15(8-6-14)27-12-19(23)20-11-18(22)21-13-4-9-16(25-2)17(10-13)26-3/h4-10H,11-12H2,1-3H3,(H,20,23)(H,21,22). The van der Waals surface area contributed by atoms with Crippen LogP contribution in [0.5, 0.6) is 23.0 Å². The smallest absolute Gasteiger partial charge is 0.258 e. The molecule has 0 radical (unpaired) electrons. The lowest BCUT2D eigenvalue weighted by atomic mass is 10.2.